The Morgan fingerprint density at radius 2 is 2.00 bits per heavy atom. The molecule has 1 aromatic heterocycles. The van der Waals surface area contributed by atoms with Gasteiger partial charge in [-0.1, -0.05) is 30.3 Å². The highest BCUT2D eigenvalue weighted by molar-refractivity contribution is 5.76. The van der Waals surface area contributed by atoms with Crippen molar-refractivity contribution >= 4 is 6.21 Å². The number of furan rings is 1. The van der Waals surface area contributed by atoms with Crippen LogP contribution in [0.2, 0.25) is 0 Å². The van der Waals surface area contributed by atoms with E-state index >= 15 is 0 Å². The molecule has 0 radical (unpaired) electrons. The quantitative estimate of drug-likeness (QED) is 0.819. The molecule has 17 heavy (non-hydrogen) atoms. The van der Waals surface area contributed by atoms with Crippen molar-refractivity contribution in [1.82, 2.24) is 0 Å². The highest BCUT2D eigenvalue weighted by Crippen LogP contribution is 2.16. The normalized spacial score (nSPS) is 13.1. The summed E-state index contributed by atoms with van der Waals surface area (Å²) in [7, 11) is 0. The van der Waals surface area contributed by atoms with Crippen LogP contribution in [0, 0.1) is 0 Å². The number of benzene rings is 1. The number of hydrogen-bond donors (Lipinski definition) is 1. The van der Waals surface area contributed by atoms with Crippen LogP contribution in [-0.4, -0.2) is 11.3 Å². The highest BCUT2D eigenvalue weighted by Gasteiger charge is 2.02. The minimum Gasteiger partial charge on any atom is -0.458 e. The summed E-state index contributed by atoms with van der Waals surface area (Å²) in [5.74, 6) is 1.22. The van der Waals surface area contributed by atoms with E-state index in [2.05, 4.69) is 4.99 Å². The lowest BCUT2D eigenvalue weighted by Crippen LogP contribution is -1.89. The van der Waals surface area contributed by atoms with Crippen LogP contribution in [0.25, 0.3) is 0 Å². The Labute approximate surface area is 100 Å². The topological polar surface area (TPSA) is 45.7 Å². The molecule has 1 N–H and O–H groups in total. The smallest absolute Gasteiger partial charge is 0.144 e. The van der Waals surface area contributed by atoms with Crippen LogP contribution in [0.5, 0.6) is 0 Å². The molecule has 0 aliphatic carbocycles. The summed E-state index contributed by atoms with van der Waals surface area (Å²) in [5.41, 5.74) is 1.16. The summed E-state index contributed by atoms with van der Waals surface area (Å²) in [5, 5.41) is 8.87. The molecule has 0 aliphatic heterocycles. The van der Waals surface area contributed by atoms with E-state index in [1.165, 1.54) is 0 Å². The first kappa shape index (κ1) is 11.6. The number of aliphatic hydroxyl groups excluding tert-OH is 1. The van der Waals surface area contributed by atoms with Crippen LogP contribution < -0.4 is 0 Å². The minimum absolute atomic E-state index is 0.0813. The first-order valence-electron chi connectivity index (χ1n) is 5.57. The van der Waals surface area contributed by atoms with Crippen molar-refractivity contribution in [1.29, 1.82) is 0 Å². The number of hydrogen-bond acceptors (Lipinski definition) is 3. The van der Waals surface area contributed by atoms with E-state index in [9.17, 15) is 0 Å². The Kier molecular flexibility index (Phi) is 3.73. The zero-order valence-corrected chi connectivity index (χ0v) is 9.71. The predicted octanol–water partition coefficient (Wildman–Crippen LogP) is 2.95. The zero-order valence-electron chi connectivity index (χ0n) is 9.71. The second-order valence-electron chi connectivity index (χ2n) is 3.83. The van der Waals surface area contributed by atoms with Crippen LogP contribution in [0.3, 0.4) is 0 Å². The molecule has 2 rings (SSSR count). The van der Waals surface area contributed by atoms with E-state index in [0.29, 0.717) is 11.5 Å². The van der Waals surface area contributed by atoms with Crippen molar-refractivity contribution in [2.24, 2.45) is 4.99 Å². The van der Waals surface area contributed by atoms with E-state index < -0.39 is 0 Å². The van der Waals surface area contributed by atoms with Gasteiger partial charge in [-0.3, -0.25) is 4.99 Å². The van der Waals surface area contributed by atoms with E-state index in [-0.39, 0.29) is 12.6 Å². The molecule has 1 aromatic carbocycles. The van der Waals surface area contributed by atoms with E-state index in [4.69, 9.17) is 9.52 Å². The van der Waals surface area contributed by atoms with Gasteiger partial charge in [-0.2, -0.15) is 0 Å². The SMILES string of the molecule is C[C@H](N=Cc1ccc(CO)o1)c1ccccc1. The molecule has 2 aromatic rings. The average molecular weight is 229 g/mol. The van der Waals surface area contributed by atoms with Gasteiger partial charge in [-0.25, -0.2) is 0 Å². The van der Waals surface area contributed by atoms with Gasteiger partial charge in [0.15, 0.2) is 0 Å². The van der Waals surface area contributed by atoms with Crippen LogP contribution in [0.4, 0.5) is 0 Å². The Morgan fingerprint density at radius 3 is 2.65 bits per heavy atom. The van der Waals surface area contributed by atoms with Crippen molar-refractivity contribution in [2.45, 2.75) is 19.6 Å². The number of nitrogens with zero attached hydrogens (tertiary/aromatic N) is 1. The number of rotatable bonds is 4. The lowest BCUT2D eigenvalue weighted by atomic mass is 10.1. The molecule has 3 nitrogen and oxygen atoms in total. The van der Waals surface area contributed by atoms with Gasteiger partial charge in [0.1, 0.15) is 18.1 Å². The lowest BCUT2D eigenvalue weighted by Gasteiger charge is -2.04. The Balaban J connectivity index is 2.05. The monoisotopic (exact) mass is 229 g/mol. The second-order valence-corrected chi connectivity index (χ2v) is 3.83. The van der Waals surface area contributed by atoms with Crippen molar-refractivity contribution in [3.05, 3.63) is 59.5 Å². The van der Waals surface area contributed by atoms with Gasteiger partial charge < -0.3 is 9.52 Å². The molecule has 0 saturated carbocycles. The summed E-state index contributed by atoms with van der Waals surface area (Å²) in [6, 6.07) is 13.7. The first-order valence-corrected chi connectivity index (χ1v) is 5.57. The van der Waals surface area contributed by atoms with Gasteiger partial charge in [0.25, 0.3) is 0 Å². The zero-order chi connectivity index (χ0) is 12.1. The van der Waals surface area contributed by atoms with Gasteiger partial charge in [0.05, 0.1) is 12.3 Å². The molecule has 88 valence electrons. The molecular weight excluding hydrogens is 214 g/mol. The lowest BCUT2D eigenvalue weighted by molar-refractivity contribution is 0.247. The van der Waals surface area contributed by atoms with Crippen molar-refractivity contribution < 1.29 is 9.52 Å². The molecule has 0 bridgehead atoms. The first-order chi connectivity index (χ1) is 8.29. The van der Waals surface area contributed by atoms with Crippen LogP contribution in [0.15, 0.2) is 51.9 Å². The maximum absolute atomic E-state index is 8.87. The second kappa shape index (κ2) is 5.46. The summed E-state index contributed by atoms with van der Waals surface area (Å²) >= 11 is 0. The number of aliphatic imine (C=N–C) groups is 1. The Hall–Kier alpha value is -1.87. The molecule has 1 atom stereocenters. The molecule has 0 fully saturated rings. The van der Waals surface area contributed by atoms with E-state index in [1.54, 1.807) is 18.3 Å². The fourth-order valence-electron chi connectivity index (χ4n) is 1.55. The molecule has 0 unspecified atom stereocenters. The molecule has 1 heterocycles. The third-order valence-electron chi connectivity index (χ3n) is 2.55. The Morgan fingerprint density at radius 1 is 1.24 bits per heavy atom. The third kappa shape index (κ3) is 3.04. The molecular formula is C14H15NO2. The van der Waals surface area contributed by atoms with Gasteiger partial charge in [-0.15, -0.1) is 0 Å². The third-order valence-corrected chi connectivity index (χ3v) is 2.55. The fraction of sp³-hybridized carbons (Fsp3) is 0.214. The molecule has 0 aliphatic rings. The largest absolute Gasteiger partial charge is 0.458 e. The standard InChI is InChI=1S/C14H15NO2/c1-11(12-5-3-2-4-6-12)15-9-13-7-8-14(10-16)17-13/h2-9,11,16H,10H2,1H3/t11-/m0/s1. The van der Waals surface area contributed by atoms with Crippen LogP contribution >= 0.6 is 0 Å². The fourth-order valence-corrected chi connectivity index (χ4v) is 1.55. The van der Waals surface area contributed by atoms with Gasteiger partial charge >= 0.3 is 0 Å². The summed E-state index contributed by atoms with van der Waals surface area (Å²) in [6.07, 6.45) is 1.69. The highest BCUT2D eigenvalue weighted by atomic mass is 16.4. The van der Waals surface area contributed by atoms with Crippen molar-refractivity contribution in [3.63, 3.8) is 0 Å². The number of aliphatic hydroxyl groups is 1. The maximum atomic E-state index is 8.87. The molecule has 3 heteroatoms. The minimum atomic E-state index is -0.0813. The van der Waals surface area contributed by atoms with E-state index in [0.717, 1.165) is 5.56 Å². The molecule has 0 amide bonds. The predicted molar refractivity (Wildman–Crippen MR) is 67.1 cm³/mol. The Bertz CT molecular complexity index is 488. The molecule has 0 spiro atoms. The van der Waals surface area contributed by atoms with E-state index in [1.807, 2.05) is 37.3 Å². The van der Waals surface area contributed by atoms with Gasteiger partial charge in [0.2, 0.25) is 0 Å². The van der Waals surface area contributed by atoms with Crippen molar-refractivity contribution in [3.8, 4) is 0 Å². The molecule has 0 saturated heterocycles. The van der Waals surface area contributed by atoms with Gasteiger partial charge in [-0.05, 0) is 24.6 Å². The summed E-state index contributed by atoms with van der Waals surface area (Å²) in [4.78, 5) is 4.41. The maximum Gasteiger partial charge on any atom is 0.144 e. The van der Waals surface area contributed by atoms with Crippen molar-refractivity contribution in [2.75, 3.05) is 0 Å². The summed E-state index contributed by atoms with van der Waals surface area (Å²) < 4.78 is 5.32. The van der Waals surface area contributed by atoms with Gasteiger partial charge in [0, 0.05) is 0 Å². The summed E-state index contributed by atoms with van der Waals surface area (Å²) in [6.45, 7) is 1.95. The average Bonchev–Trinajstić information content (AvgIpc) is 2.85. The van der Waals surface area contributed by atoms with Crippen LogP contribution in [0.1, 0.15) is 30.0 Å². The van der Waals surface area contributed by atoms with Crippen LogP contribution in [-0.2, 0) is 6.61 Å².